The number of H-pyrrole nitrogens is 1. The molecule has 126 valence electrons. The Hall–Kier alpha value is -2.57. The van der Waals surface area contributed by atoms with Crippen LogP contribution in [-0.4, -0.2) is 20.2 Å². The van der Waals surface area contributed by atoms with Crippen LogP contribution in [0.1, 0.15) is 23.5 Å². The minimum Gasteiger partial charge on any atom is -0.506 e. The summed E-state index contributed by atoms with van der Waals surface area (Å²) >= 11 is 11.7. The minimum absolute atomic E-state index is 0.117. The molecule has 3 N–H and O–H groups in total. The number of phenols is 1. The van der Waals surface area contributed by atoms with E-state index >= 15 is 0 Å². The van der Waals surface area contributed by atoms with E-state index in [2.05, 4.69) is 15.3 Å². The molecule has 0 amide bonds. The topological polar surface area (TPSA) is 64.2 Å². The number of rotatable bonds is 3. The van der Waals surface area contributed by atoms with E-state index in [1.807, 2.05) is 41.4 Å². The summed E-state index contributed by atoms with van der Waals surface area (Å²) < 4.78 is 0. The second kappa shape index (κ2) is 6.38. The quantitative estimate of drug-likeness (QED) is 0.609. The van der Waals surface area contributed by atoms with E-state index in [9.17, 15) is 5.11 Å². The van der Waals surface area contributed by atoms with E-state index in [1.54, 1.807) is 24.4 Å². The molecule has 4 rings (SSSR count). The monoisotopic (exact) mass is 370 g/mol. The maximum Gasteiger partial charge on any atom is 0.174 e. The van der Waals surface area contributed by atoms with Crippen molar-refractivity contribution < 1.29 is 5.11 Å². The third-order valence-electron chi connectivity index (χ3n) is 4.24. The molecular formula is C18H15ClN4OS. The average molecular weight is 371 g/mol. The lowest BCUT2D eigenvalue weighted by atomic mass is 10.0. The smallest absolute Gasteiger partial charge is 0.174 e. The lowest BCUT2D eigenvalue weighted by Gasteiger charge is -2.27. The standard InChI is InChI=1S/C18H15ClN4OS/c19-11-6-7-15(24)14(10-11)23-17(13-5-3-9-21-13)16(22-18(23)25)12-4-1-2-8-20-12/h1-10,16-17,21,24H,(H,22,25)/t16-,17+/m0/s1. The molecule has 1 aliphatic rings. The maximum atomic E-state index is 10.4. The van der Waals surface area contributed by atoms with Gasteiger partial charge < -0.3 is 20.3 Å². The third kappa shape index (κ3) is 2.83. The summed E-state index contributed by atoms with van der Waals surface area (Å²) in [5.74, 6) is 0.117. The molecule has 0 bridgehead atoms. The van der Waals surface area contributed by atoms with E-state index in [4.69, 9.17) is 23.8 Å². The first-order chi connectivity index (χ1) is 12.1. The number of phenolic OH excluding ortho intramolecular Hbond substituents is 1. The zero-order chi connectivity index (χ0) is 17.4. The van der Waals surface area contributed by atoms with Crippen LogP contribution < -0.4 is 10.2 Å². The molecule has 1 aliphatic heterocycles. The Morgan fingerprint density at radius 1 is 1.16 bits per heavy atom. The van der Waals surface area contributed by atoms with Gasteiger partial charge in [0.25, 0.3) is 0 Å². The summed E-state index contributed by atoms with van der Waals surface area (Å²) in [4.78, 5) is 9.60. The summed E-state index contributed by atoms with van der Waals surface area (Å²) in [6, 6.07) is 14.3. The summed E-state index contributed by atoms with van der Waals surface area (Å²) in [7, 11) is 0. The number of nitrogens with zero attached hydrogens (tertiary/aromatic N) is 2. The molecular weight excluding hydrogens is 356 g/mol. The molecule has 0 radical (unpaired) electrons. The van der Waals surface area contributed by atoms with E-state index < -0.39 is 0 Å². The van der Waals surface area contributed by atoms with Gasteiger partial charge in [-0.15, -0.1) is 0 Å². The number of pyridine rings is 1. The van der Waals surface area contributed by atoms with E-state index in [-0.39, 0.29) is 17.8 Å². The Labute approximate surface area is 155 Å². The highest BCUT2D eigenvalue weighted by Gasteiger charge is 2.42. The van der Waals surface area contributed by atoms with Gasteiger partial charge in [0.15, 0.2) is 5.11 Å². The molecule has 7 heteroatoms. The van der Waals surface area contributed by atoms with Crippen molar-refractivity contribution in [2.45, 2.75) is 12.1 Å². The number of aromatic amines is 1. The van der Waals surface area contributed by atoms with Crippen LogP contribution in [0.4, 0.5) is 5.69 Å². The highest BCUT2D eigenvalue weighted by atomic mass is 35.5. The fourth-order valence-electron chi connectivity index (χ4n) is 3.15. The number of thiocarbonyl (C=S) groups is 1. The van der Waals surface area contributed by atoms with Gasteiger partial charge in [-0.3, -0.25) is 4.98 Å². The average Bonchev–Trinajstić information content (AvgIpc) is 3.25. The Kier molecular flexibility index (Phi) is 4.07. The molecule has 2 atom stereocenters. The summed E-state index contributed by atoms with van der Waals surface area (Å²) in [5, 5.41) is 14.7. The second-order valence-corrected chi connectivity index (χ2v) is 6.58. The van der Waals surface area contributed by atoms with Crippen molar-refractivity contribution in [1.29, 1.82) is 0 Å². The summed E-state index contributed by atoms with van der Waals surface area (Å²) in [5.41, 5.74) is 2.39. The third-order valence-corrected chi connectivity index (χ3v) is 4.79. The van der Waals surface area contributed by atoms with Gasteiger partial charge in [0, 0.05) is 23.1 Å². The van der Waals surface area contributed by atoms with Gasteiger partial charge in [0.05, 0.1) is 17.4 Å². The van der Waals surface area contributed by atoms with Gasteiger partial charge in [-0.2, -0.15) is 0 Å². The number of nitrogens with one attached hydrogen (secondary N) is 2. The lowest BCUT2D eigenvalue weighted by Crippen LogP contribution is -2.29. The normalized spacial score (nSPS) is 19.9. The first kappa shape index (κ1) is 15.9. The van der Waals surface area contributed by atoms with Crippen LogP contribution >= 0.6 is 23.8 Å². The van der Waals surface area contributed by atoms with Crippen molar-refractivity contribution in [2.24, 2.45) is 0 Å². The molecule has 2 aromatic heterocycles. The van der Waals surface area contributed by atoms with Crippen molar-refractivity contribution in [3.8, 4) is 5.75 Å². The number of anilines is 1. The Morgan fingerprint density at radius 2 is 2.04 bits per heavy atom. The van der Waals surface area contributed by atoms with Crippen LogP contribution in [0.5, 0.6) is 5.75 Å². The van der Waals surface area contributed by atoms with Gasteiger partial charge in [-0.05, 0) is 54.7 Å². The zero-order valence-electron chi connectivity index (χ0n) is 13.1. The largest absolute Gasteiger partial charge is 0.506 e. The predicted octanol–water partition coefficient (Wildman–Crippen LogP) is 3.95. The van der Waals surface area contributed by atoms with Crippen molar-refractivity contribution in [2.75, 3.05) is 4.90 Å². The van der Waals surface area contributed by atoms with Crippen LogP contribution in [0.3, 0.4) is 0 Å². The molecule has 1 aromatic carbocycles. The number of benzene rings is 1. The van der Waals surface area contributed by atoms with Crippen molar-refractivity contribution in [3.63, 3.8) is 0 Å². The molecule has 0 spiro atoms. The predicted molar refractivity (Wildman–Crippen MR) is 102 cm³/mol. The number of hydrogen-bond donors (Lipinski definition) is 3. The van der Waals surface area contributed by atoms with E-state index in [0.717, 1.165) is 11.4 Å². The molecule has 25 heavy (non-hydrogen) atoms. The Morgan fingerprint density at radius 3 is 2.76 bits per heavy atom. The van der Waals surface area contributed by atoms with Gasteiger partial charge >= 0.3 is 0 Å². The van der Waals surface area contributed by atoms with Crippen molar-refractivity contribution in [3.05, 3.63) is 77.3 Å². The van der Waals surface area contributed by atoms with Crippen LogP contribution in [0.15, 0.2) is 60.9 Å². The van der Waals surface area contributed by atoms with Gasteiger partial charge in [0.1, 0.15) is 11.8 Å². The fraction of sp³-hybridized carbons (Fsp3) is 0.111. The second-order valence-electron chi connectivity index (χ2n) is 5.76. The summed E-state index contributed by atoms with van der Waals surface area (Å²) in [6.07, 6.45) is 3.62. The highest BCUT2D eigenvalue weighted by Crippen LogP contribution is 2.44. The molecule has 0 saturated carbocycles. The van der Waals surface area contributed by atoms with Gasteiger partial charge in [-0.1, -0.05) is 17.7 Å². The highest BCUT2D eigenvalue weighted by molar-refractivity contribution is 7.80. The van der Waals surface area contributed by atoms with Gasteiger partial charge in [0.2, 0.25) is 0 Å². The number of hydrogen-bond acceptors (Lipinski definition) is 3. The van der Waals surface area contributed by atoms with E-state index in [0.29, 0.717) is 15.8 Å². The van der Waals surface area contributed by atoms with Crippen LogP contribution in [0, 0.1) is 0 Å². The van der Waals surface area contributed by atoms with E-state index in [1.165, 1.54) is 0 Å². The van der Waals surface area contributed by atoms with Gasteiger partial charge in [-0.25, -0.2) is 0 Å². The zero-order valence-corrected chi connectivity index (χ0v) is 14.6. The lowest BCUT2D eigenvalue weighted by molar-refractivity contribution is 0.472. The van der Waals surface area contributed by atoms with Crippen molar-refractivity contribution >= 4 is 34.6 Å². The summed E-state index contributed by atoms with van der Waals surface area (Å²) in [6.45, 7) is 0. The molecule has 3 aromatic rings. The first-order valence-electron chi connectivity index (χ1n) is 7.77. The fourth-order valence-corrected chi connectivity index (χ4v) is 3.65. The number of aromatic hydroxyl groups is 1. The maximum absolute atomic E-state index is 10.4. The molecule has 3 heterocycles. The van der Waals surface area contributed by atoms with Crippen LogP contribution in [-0.2, 0) is 0 Å². The molecule has 1 fully saturated rings. The van der Waals surface area contributed by atoms with Crippen LogP contribution in [0.2, 0.25) is 5.02 Å². The SMILES string of the molecule is Oc1ccc(Cl)cc1N1C(=S)N[C@@H](c2ccccn2)[C@H]1c1ccc[nH]1. The molecule has 5 nitrogen and oxygen atoms in total. The van der Waals surface area contributed by atoms with Crippen LogP contribution in [0.25, 0.3) is 0 Å². The molecule has 0 aliphatic carbocycles. The molecule has 1 saturated heterocycles. The Balaban J connectivity index is 1.85. The number of aromatic nitrogens is 2. The van der Waals surface area contributed by atoms with Crippen molar-refractivity contribution in [1.82, 2.24) is 15.3 Å². The minimum atomic E-state index is -0.193. The molecule has 0 unspecified atom stereocenters. The number of halogens is 1. The Bertz CT molecular complexity index is 901. The first-order valence-corrected chi connectivity index (χ1v) is 8.56.